The molecule has 2 heterocycles. The van der Waals surface area contributed by atoms with Crippen LogP contribution < -0.4 is 0 Å². The predicted octanol–water partition coefficient (Wildman–Crippen LogP) is 5.35. The van der Waals surface area contributed by atoms with Gasteiger partial charge in [0, 0.05) is 11.4 Å². The summed E-state index contributed by atoms with van der Waals surface area (Å²) in [4.78, 5) is 8.49. The van der Waals surface area contributed by atoms with Gasteiger partial charge in [0.15, 0.2) is 0 Å². The fraction of sp³-hybridized carbons (Fsp3) is 0.118. The van der Waals surface area contributed by atoms with Crippen LogP contribution in [0, 0.1) is 13.8 Å². The molecule has 0 bridgehead atoms. The van der Waals surface area contributed by atoms with Crippen molar-refractivity contribution in [1.82, 2.24) is 9.97 Å². The number of nitrogens with one attached hydrogen (secondary N) is 1. The molecule has 0 atom stereocenters. The van der Waals surface area contributed by atoms with Crippen LogP contribution in [0.25, 0.3) is 24.3 Å². The molecule has 1 N–H and O–H groups in total. The largest absolute Gasteiger partial charge is 0.359 e. The Morgan fingerprint density at radius 3 is 2.15 bits per heavy atom. The first-order valence-electron chi connectivity index (χ1n) is 6.22. The van der Waals surface area contributed by atoms with E-state index in [0.29, 0.717) is 0 Å². The first kappa shape index (κ1) is 15.9. The van der Waals surface area contributed by atoms with Gasteiger partial charge in [-0.05, 0) is 43.7 Å². The molecule has 2 aromatic heterocycles. The van der Waals surface area contributed by atoms with Crippen LogP contribution in [0.5, 0.6) is 0 Å². The molecule has 2 aromatic rings. The van der Waals surface area contributed by atoms with Gasteiger partial charge in [-0.1, -0.05) is 32.4 Å². The van der Waals surface area contributed by atoms with Crippen molar-refractivity contribution >= 4 is 35.6 Å². The molecular formula is C17H20N2S. The molecule has 0 saturated carbocycles. The van der Waals surface area contributed by atoms with Gasteiger partial charge in [-0.3, -0.25) is 0 Å². The molecule has 20 heavy (non-hydrogen) atoms. The lowest BCUT2D eigenvalue weighted by atomic mass is 10.2. The lowest BCUT2D eigenvalue weighted by Crippen LogP contribution is -1.72. The smallest absolute Gasteiger partial charge is 0.0907 e. The van der Waals surface area contributed by atoms with Gasteiger partial charge in [0.1, 0.15) is 0 Å². The molecule has 0 fully saturated rings. The minimum Gasteiger partial charge on any atom is -0.359 e. The van der Waals surface area contributed by atoms with Gasteiger partial charge in [-0.2, -0.15) is 0 Å². The molecule has 0 saturated heterocycles. The van der Waals surface area contributed by atoms with Crippen molar-refractivity contribution in [3.63, 3.8) is 0 Å². The Morgan fingerprint density at radius 1 is 1.05 bits per heavy atom. The summed E-state index contributed by atoms with van der Waals surface area (Å²) in [7, 11) is 0. The van der Waals surface area contributed by atoms with Crippen LogP contribution in [0.4, 0.5) is 0 Å². The summed E-state index contributed by atoms with van der Waals surface area (Å²) in [6, 6.07) is 2.05. The van der Waals surface area contributed by atoms with E-state index in [4.69, 9.17) is 0 Å². The second-order valence-electron chi connectivity index (χ2n) is 4.12. The normalized spacial score (nSPS) is 9.30. The third-order valence-electron chi connectivity index (χ3n) is 2.61. The molecule has 0 aliphatic carbocycles. The Hall–Kier alpha value is -2.13. The lowest BCUT2D eigenvalue weighted by Gasteiger charge is -1.86. The number of hydrogen-bond donors (Lipinski definition) is 1. The van der Waals surface area contributed by atoms with Gasteiger partial charge < -0.3 is 4.98 Å². The van der Waals surface area contributed by atoms with Gasteiger partial charge in [-0.25, -0.2) is 4.98 Å². The van der Waals surface area contributed by atoms with Gasteiger partial charge in [-0.15, -0.1) is 11.3 Å². The number of aromatic nitrogens is 2. The fourth-order valence-electron chi connectivity index (χ4n) is 1.72. The molecular weight excluding hydrogens is 264 g/mol. The van der Waals surface area contributed by atoms with Crippen molar-refractivity contribution in [2.24, 2.45) is 0 Å². The average Bonchev–Trinajstić information content (AvgIpc) is 3.00. The van der Waals surface area contributed by atoms with Gasteiger partial charge in [0.2, 0.25) is 0 Å². The highest BCUT2D eigenvalue weighted by Gasteiger charge is 2.00. The van der Waals surface area contributed by atoms with Crippen molar-refractivity contribution in [2.45, 2.75) is 13.8 Å². The van der Waals surface area contributed by atoms with E-state index in [2.05, 4.69) is 36.3 Å². The van der Waals surface area contributed by atoms with Crippen LogP contribution in [-0.4, -0.2) is 9.97 Å². The Bertz CT molecular complexity index is 522. The second kappa shape index (κ2) is 7.46. The highest BCUT2D eigenvalue weighted by Crippen LogP contribution is 2.19. The molecule has 0 unspecified atom stereocenters. The number of rotatable bonds is 4. The minimum atomic E-state index is 0.942. The molecule has 0 radical (unpaired) electrons. The number of H-pyrrole nitrogens is 1. The van der Waals surface area contributed by atoms with Crippen LogP contribution in [0.15, 0.2) is 32.4 Å². The molecule has 104 valence electrons. The Labute approximate surface area is 124 Å². The summed E-state index contributed by atoms with van der Waals surface area (Å²) >= 11 is 1.64. The van der Waals surface area contributed by atoms with E-state index in [0.717, 1.165) is 32.5 Å². The zero-order chi connectivity index (χ0) is 15.1. The van der Waals surface area contributed by atoms with Gasteiger partial charge in [0.05, 0.1) is 15.6 Å². The third kappa shape index (κ3) is 3.93. The third-order valence-corrected chi connectivity index (χ3v) is 3.59. The molecule has 2 nitrogen and oxygen atoms in total. The Kier molecular flexibility index (Phi) is 5.94. The van der Waals surface area contributed by atoms with Crippen LogP contribution >= 0.6 is 11.3 Å². The first-order valence-corrected chi connectivity index (χ1v) is 7.04. The number of aromatic amines is 1. The topological polar surface area (TPSA) is 28.7 Å². The molecule has 0 aliphatic heterocycles. The van der Waals surface area contributed by atoms with Crippen molar-refractivity contribution in [3.8, 4) is 0 Å². The summed E-state index contributed by atoms with van der Waals surface area (Å²) in [5.74, 6) is 0. The maximum atomic E-state index is 4.23. The van der Waals surface area contributed by atoms with E-state index < -0.39 is 0 Å². The number of thiazole rings is 1. The quantitative estimate of drug-likeness (QED) is 0.805. The Morgan fingerprint density at radius 2 is 1.75 bits per heavy atom. The maximum absolute atomic E-state index is 4.23. The monoisotopic (exact) mass is 284 g/mol. The van der Waals surface area contributed by atoms with Crippen molar-refractivity contribution in [3.05, 3.63) is 64.9 Å². The van der Waals surface area contributed by atoms with Gasteiger partial charge >= 0.3 is 0 Å². The lowest BCUT2D eigenvalue weighted by molar-refractivity contribution is 1.25. The highest BCUT2D eigenvalue weighted by atomic mass is 32.1. The van der Waals surface area contributed by atoms with E-state index in [1.807, 2.05) is 32.1 Å². The highest BCUT2D eigenvalue weighted by molar-refractivity contribution is 7.12. The summed E-state index contributed by atoms with van der Waals surface area (Å²) in [6.07, 6.45) is 7.17. The van der Waals surface area contributed by atoms with Crippen LogP contribution in [0.3, 0.4) is 0 Å². The number of aryl methyl sites for hydroxylation is 2. The molecule has 3 heteroatoms. The zero-order valence-corrected chi connectivity index (χ0v) is 12.9. The molecule has 0 amide bonds. The van der Waals surface area contributed by atoms with Gasteiger partial charge in [0.25, 0.3) is 0 Å². The van der Waals surface area contributed by atoms with E-state index >= 15 is 0 Å². The molecule has 0 aliphatic rings. The molecule has 0 aromatic carbocycles. The summed E-state index contributed by atoms with van der Waals surface area (Å²) < 4.78 is 0. The summed E-state index contributed by atoms with van der Waals surface area (Å²) in [6.45, 7) is 18.7. The van der Waals surface area contributed by atoms with Crippen LogP contribution in [-0.2, 0) is 0 Å². The fourth-order valence-corrected chi connectivity index (χ4v) is 2.50. The number of hydrogen-bond acceptors (Lipinski definition) is 2. The van der Waals surface area contributed by atoms with E-state index in [1.165, 1.54) is 0 Å². The predicted molar refractivity (Wildman–Crippen MR) is 92.7 cm³/mol. The van der Waals surface area contributed by atoms with Crippen LogP contribution in [0.2, 0.25) is 0 Å². The zero-order valence-electron chi connectivity index (χ0n) is 12.1. The van der Waals surface area contributed by atoms with E-state index in [9.17, 15) is 0 Å². The standard InChI is InChI=1S/C9H11N.C8H9NS/c1-4-8-6-7(3)10-9(8)5-2;1-4-7-8(5-2)10-6(3)9-7/h4-6,10H,1-2H2,3H3;4-5H,1-2H2,3H3. The van der Waals surface area contributed by atoms with E-state index in [-0.39, 0.29) is 0 Å². The average molecular weight is 284 g/mol. The van der Waals surface area contributed by atoms with E-state index in [1.54, 1.807) is 23.5 Å². The van der Waals surface area contributed by atoms with Crippen molar-refractivity contribution in [2.75, 3.05) is 0 Å². The van der Waals surface area contributed by atoms with Crippen molar-refractivity contribution in [1.29, 1.82) is 0 Å². The minimum absolute atomic E-state index is 0.942. The number of nitrogens with zero attached hydrogens (tertiary/aromatic N) is 1. The summed E-state index contributed by atoms with van der Waals surface area (Å²) in [5, 5.41) is 1.06. The maximum Gasteiger partial charge on any atom is 0.0907 e. The summed E-state index contributed by atoms with van der Waals surface area (Å²) in [5.41, 5.74) is 4.25. The van der Waals surface area contributed by atoms with Crippen LogP contribution in [0.1, 0.15) is 32.5 Å². The SMILES string of the molecule is C=Cc1cc(C)[nH]c1C=C.C=Cc1nc(C)sc1C=C. The van der Waals surface area contributed by atoms with Crippen molar-refractivity contribution < 1.29 is 0 Å². The molecule has 2 rings (SSSR count). The Balaban J connectivity index is 0.000000200. The first-order chi connectivity index (χ1) is 9.55. The molecule has 0 spiro atoms. The second-order valence-corrected chi connectivity index (χ2v) is 5.36.